The zero-order valence-electron chi connectivity index (χ0n) is 17.7. The van der Waals surface area contributed by atoms with E-state index < -0.39 is 5.25 Å². The summed E-state index contributed by atoms with van der Waals surface area (Å²) in [6.45, 7) is 6.67. The summed E-state index contributed by atoms with van der Waals surface area (Å²) in [6, 6.07) is 15.7. The Hall–Kier alpha value is -2.71. The van der Waals surface area contributed by atoms with Crippen LogP contribution in [0, 0.1) is 0 Å². The van der Waals surface area contributed by atoms with E-state index in [0.717, 1.165) is 15.9 Å². The molecule has 1 aromatic heterocycles. The predicted molar refractivity (Wildman–Crippen MR) is 129 cm³/mol. The van der Waals surface area contributed by atoms with Crippen molar-refractivity contribution in [2.24, 2.45) is 4.99 Å². The van der Waals surface area contributed by atoms with E-state index in [1.165, 1.54) is 28.7 Å². The molecule has 1 fully saturated rings. The second kappa shape index (κ2) is 9.20. The number of carbonyl (C=O) groups is 2. The van der Waals surface area contributed by atoms with Gasteiger partial charge >= 0.3 is 0 Å². The van der Waals surface area contributed by atoms with Crippen molar-refractivity contribution in [3.8, 4) is 0 Å². The molecule has 1 aliphatic rings. The number of nitrogens with zero attached hydrogens (tertiary/aromatic N) is 3. The van der Waals surface area contributed by atoms with Crippen LogP contribution < -0.4 is 5.32 Å². The fraction of sp³-hybridized carbons (Fsp3) is 0.304. The summed E-state index contributed by atoms with van der Waals surface area (Å²) in [6.07, 6.45) is 0.102. The molecule has 6 nitrogen and oxygen atoms in total. The van der Waals surface area contributed by atoms with Crippen LogP contribution in [0.3, 0.4) is 0 Å². The highest BCUT2D eigenvalue weighted by atomic mass is 32.2. The molecule has 8 heteroatoms. The number of anilines is 1. The van der Waals surface area contributed by atoms with Gasteiger partial charge in [-0.15, -0.1) is 0 Å². The van der Waals surface area contributed by atoms with Gasteiger partial charge in [0.25, 0.3) is 0 Å². The van der Waals surface area contributed by atoms with Gasteiger partial charge in [-0.05, 0) is 42.7 Å². The van der Waals surface area contributed by atoms with Crippen molar-refractivity contribution in [2.75, 3.05) is 11.9 Å². The van der Waals surface area contributed by atoms with Gasteiger partial charge in [0.05, 0.1) is 10.2 Å². The first kappa shape index (κ1) is 21.5. The first-order valence-corrected chi connectivity index (χ1v) is 12.0. The molecule has 0 aliphatic carbocycles. The molecule has 2 amide bonds. The van der Waals surface area contributed by atoms with Crippen molar-refractivity contribution in [1.82, 2.24) is 9.88 Å². The summed E-state index contributed by atoms with van der Waals surface area (Å²) in [5, 5.41) is 3.63. The second-order valence-electron chi connectivity index (χ2n) is 7.58. The lowest BCUT2D eigenvalue weighted by molar-refractivity contribution is -0.128. The number of hydrogen-bond donors (Lipinski definition) is 1. The summed E-state index contributed by atoms with van der Waals surface area (Å²) in [5.74, 6) is 0.170. The van der Waals surface area contributed by atoms with Crippen molar-refractivity contribution in [1.29, 1.82) is 0 Å². The topological polar surface area (TPSA) is 74.7 Å². The normalized spacial score (nSPS) is 17.8. The van der Waals surface area contributed by atoms with Crippen molar-refractivity contribution < 1.29 is 9.59 Å². The van der Waals surface area contributed by atoms with E-state index in [9.17, 15) is 9.59 Å². The molecule has 1 atom stereocenters. The molecule has 31 heavy (non-hydrogen) atoms. The predicted octanol–water partition coefficient (Wildman–Crippen LogP) is 5.40. The number of rotatable bonds is 6. The number of para-hydroxylation sites is 1. The molecule has 2 heterocycles. The van der Waals surface area contributed by atoms with Crippen molar-refractivity contribution in [2.45, 2.75) is 38.4 Å². The third kappa shape index (κ3) is 4.80. The zero-order chi connectivity index (χ0) is 22.0. The van der Waals surface area contributed by atoms with E-state index in [1.807, 2.05) is 55.5 Å². The Balaban J connectivity index is 1.45. The van der Waals surface area contributed by atoms with Gasteiger partial charge < -0.3 is 5.32 Å². The van der Waals surface area contributed by atoms with Crippen molar-refractivity contribution in [3.63, 3.8) is 0 Å². The minimum Gasteiger partial charge on any atom is -0.326 e. The van der Waals surface area contributed by atoms with Gasteiger partial charge in [-0.25, -0.2) is 4.98 Å². The van der Waals surface area contributed by atoms with Gasteiger partial charge in [0.2, 0.25) is 16.9 Å². The van der Waals surface area contributed by atoms with Gasteiger partial charge in [0.15, 0.2) is 5.17 Å². The maximum atomic E-state index is 12.8. The van der Waals surface area contributed by atoms with Gasteiger partial charge in [0, 0.05) is 18.7 Å². The Morgan fingerprint density at radius 2 is 1.94 bits per heavy atom. The lowest BCUT2D eigenvalue weighted by atomic mass is 10.0. The van der Waals surface area contributed by atoms with Crippen LogP contribution in [0.1, 0.15) is 38.7 Å². The number of hydrogen-bond acceptors (Lipinski definition) is 6. The van der Waals surface area contributed by atoms with E-state index in [2.05, 4.69) is 29.1 Å². The van der Waals surface area contributed by atoms with Crippen LogP contribution in [0.5, 0.6) is 0 Å². The number of thiazole rings is 1. The molecular weight excluding hydrogens is 428 g/mol. The average molecular weight is 453 g/mol. The Morgan fingerprint density at radius 1 is 1.19 bits per heavy atom. The van der Waals surface area contributed by atoms with Crippen molar-refractivity contribution >= 4 is 61.1 Å². The van der Waals surface area contributed by atoms with Crippen LogP contribution in [0.4, 0.5) is 10.8 Å². The summed E-state index contributed by atoms with van der Waals surface area (Å²) in [4.78, 5) is 36.2. The monoisotopic (exact) mass is 452 g/mol. The van der Waals surface area contributed by atoms with E-state index in [-0.39, 0.29) is 18.2 Å². The summed E-state index contributed by atoms with van der Waals surface area (Å²) in [7, 11) is 0. The largest absolute Gasteiger partial charge is 0.326 e. The van der Waals surface area contributed by atoms with Gasteiger partial charge in [0.1, 0.15) is 5.25 Å². The lowest BCUT2D eigenvalue weighted by Gasteiger charge is -2.13. The van der Waals surface area contributed by atoms with E-state index in [1.54, 1.807) is 4.90 Å². The van der Waals surface area contributed by atoms with Crippen LogP contribution in [0.25, 0.3) is 10.2 Å². The molecule has 3 aromatic rings. The maximum absolute atomic E-state index is 12.8. The number of carbonyl (C=O) groups excluding carboxylic acids is 2. The van der Waals surface area contributed by atoms with Gasteiger partial charge in [-0.1, -0.05) is 61.2 Å². The zero-order valence-corrected chi connectivity index (χ0v) is 19.3. The van der Waals surface area contributed by atoms with Gasteiger partial charge in [-0.2, -0.15) is 4.99 Å². The highest BCUT2D eigenvalue weighted by Gasteiger charge is 2.38. The summed E-state index contributed by atoms with van der Waals surface area (Å²) < 4.78 is 1.05. The number of nitrogens with one attached hydrogen (secondary N) is 1. The fourth-order valence-corrected chi connectivity index (χ4v) is 5.44. The number of amidine groups is 1. The standard InChI is InChI=1S/C23H24N4O2S2/c1-4-27-21(29)19(13-20(28)24-16-11-9-15(10-12-16)14(2)3)31-23(27)26-22-25-17-7-5-6-8-18(17)30-22/h5-12,14,19H,4,13H2,1-3H3,(H,24,28). The van der Waals surface area contributed by atoms with E-state index >= 15 is 0 Å². The number of amides is 2. The quantitative estimate of drug-likeness (QED) is 0.543. The third-order valence-electron chi connectivity index (χ3n) is 5.04. The molecule has 0 bridgehead atoms. The Labute approximate surface area is 189 Å². The smallest absolute Gasteiger partial charge is 0.242 e. The lowest BCUT2D eigenvalue weighted by Crippen LogP contribution is -2.33. The molecule has 0 saturated carbocycles. The number of benzene rings is 2. The molecule has 1 aliphatic heterocycles. The van der Waals surface area contributed by atoms with Crippen LogP contribution in [0.2, 0.25) is 0 Å². The Bertz CT molecular complexity index is 1100. The first-order chi connectivity index (χ1) is 14.9. The minimum atomic E-state index is -0.483. The average Bonchev–Trinajstić information content (AvgIpc) is 3.28. The Morgan fingerprint density at radius 3 is 2.61 bits per heavy atom. The first-order valence-electron chi connectivity index (χ1n) is 10.3. The molecular formula is C23H24N4O2S2. The van der Waals surface area contributed by atoms with E-state index in [4.69, 9.17) is 0 Å². The second-order valence-corrected chi connectivity index (χ2v) is 9.76. The number of aliphatic imine (C=N–C) groups is 1. The highest BCUT2D eigenvalue weighted by molar-refractivity contribution is 8.15. The Kier molecular flexibility index (Phi) is 6.38. The van der Waals surface area contributed by atoms with Crippen LogP contribution in [-0.4, -0.2) is 38.7 Å². The molecule has 4 rings (SSSR count). The summed E-state index contributed by atoms with van der Waals surface area (Å²) >= 11 is 2.82. The third-order valence-corrected chi connectivity index (χ3v) is 7.15. The summed E-state index contributed by atoms with van der Waals surface area (Å²) in [5.41, 5.74) is 2.85. The number of fused-ring (bicyclic) bond motifs is 1. The van der Waals surface area contributed by atoms with Crippen LogP contribution in [-0.2, 0) is 9.59 Å². The van der Waals surface area contributed by atoms with E-state index in [0.29, 0.717) is 22.8 Å². The number of aromatic nitrogens is 1. The molecule has 1 saturated heterocycles. The maximum Gasteiger partial charge on any atom is 0.242 e. The molecule has 0 spiro atoms. The highest BCUT2D eigenvalue weighted by Crippen LogP contribution is 2.34. The van der Waals surface area contributed by atoms with Crippen molar-refractivity contribution in [3.05, 3.63) is 54.1 Å². The SMILES string of the molecule is CCN1C(=O)C(CC(=O)Nc2ccc(C(C)C)cc2)SC1=Nc1nc2ccccc2s1. The molecule has 2 aromatic carbocycles. The van der Waals surface area contributed by atoms with Crippen LogP contribution >= 0.6 is 23.1 Å². The van der Waals surface area contributed by atoms with Gasteiger partial charge in [-0.3, -0.25) is 14.5 Å². The molecule has 1 N–H and O–H groups in total. The fourth-order valence-electron chi connectivity index (χ4n) is 3.34. The van der Waals surface area contributed by atoms with Crippen LogP contribution in [0.15, 0.2) is 53.5 Å². The number of thioether (sulfide) groups is 1. The minimum absolute atomic E-state index is 0.0855. The molecule has 160 valence electrons. The molecule has 1 unspecified atom stereocenters. The molecule has 0 radical (unpaired) electrons.